The predicted octanol–water partition coefficient (Wildman–Crippen LogP) is 2.77. The Morgan fingerprint density at radius 2 is 1.76 bits per heavy atom. The molecule has 0 amide bonds. The first-order chi connectivity index (χ1) is 12.1. The van der Waals surface area contributed by atoms with E-state index in [9.17, 15) is 9.90 Å². The first-order valence-electron chi connectivity index (χ1n) is 7.82. The van der Waals surface area contributed by atoms with Crippen molar-refractivity contribution in [3.8, 4) is 0 Å². The van der Waals surface area contributed by atoms with Crippen LogP contribution in [0.5, 0.6) is 0 Å². The zero-order valence-corrected chi connectivity index (χ0v) is 14.3. The van der Waals surface area contributed by atoms with Gasteiger partial charge in [0, 0.05) is 12.2 Å². The van der Waals surface area contributed by atoms with Crippen LogP contribution in [0.1, 0.15) is 27.3 Å². The largest absolute Gasteiger partial charge is 0.478 e. The Hall–Kier alpha value is -2.80. The van der Waals surface area contributed by atoms with Gasteiger partial charge in [-0.05, 0) is 23.6 Å². The highest BCUT2D eigenvalue weighted by Gasteiger charge is 2.13. The van der Waals surface area contributed by atoms with Crippen molar-refractivity contribution in [1.29, 1.82) is 0 Å². The minimum atomic E-state index is -0.936. The molecule has 0 fully saturated rings. The molecule has 6 nitrogen and oxygen atoms in total. The van der Waals surface area contributed by atoms with Gasteiger partial charge < -0.3 is 10.9 Å². The number of carboxylic acids is 1. The van der Waals surface area contributed by atoms with Crippen LogP contribution in [0.25, 0.3) is 0 Å². The number of rotatable bonds is 7. The van der Waals surface area contributed by atoms with Crippen molar-refractivity contribution in [2.24, 2.45) is 0 Å². The maximum atomic E-state index is 11.3. The van der Waals surface area contributed by atoms with E-state index in [0.717, 1.165) is 12.0 Å². The maximum Gasteiger partial charge on any atom is 0.335 e. The van der Waals surface area contributed by atoms with Gasteiger partial charge in [0.1, 0.15) is 0 Å². The molecule has 0 aliphatic heterocycles. The fourth-order valence-corrected chi connectivity index (χ4v) is 3.35. The van der Waals surface area contributed by atoms with Crippen molar-refractivity contribution in [3.63, 3.8) is 0 Å². The lowest BCUT2D eigenvalue weighted by Gasteiger charge is -2.06. The summed E-state index contributed by atoms with van der Waals surface area (Å²) in [7, 11) is 0. The zero-order valence-electron chi connectivity index (χ0n) is 13.5. The molecule has 7 heteroatoms. The molecule has 0 aliphatic rings. The number of nitrogens with zero attached hydrogens (tertiary/aromatic N) is 3. The van der Waals surface area contributed by atoms with Gasteiger partial charge in [0.2, 0.25) is 5.16 Å². The average Bonchev–Trinajstić information content (AvgIpc) is 2.99. The number of benzene rings is 2. The van der Waals surface area contributed by atoms with E-state index >= 15 is 0 Å². The molecule has 0 aliphatic carbocycles. The molecule has 0 radical (unpaired) electrons. The van der Waals surface area contributed by atoms with E-state index in [-0.39, 0.29) is 0 Å². The molecule has 2 aromatic carbocycles. The first-order valence-corrected chi connectivity index (χ1v) is 8.81. The first kappa shape index (κ1) is 17.0. The van der Waals surface area contributed by atoms with E-state index in [1.807, 2.05) is 24.3 Å². The molecule has 25 heavy (non-hydrogen) atoms. The number of thioether (sulfide) groups is 1. The molecule has 0 spiro atoms. The molecule has 0 saturated heterocycles. The monoisotopic (exact) mass is 354 g/mol. The second kappa shape index (κ2) is 7.85. The molecular weight excluding hydrogens is 336 g/mol. The van der Waals surface area contributed by atoms with Crippen molar-refractivity contribution in [3.05, 3.63) is 77.1 Å². The average molecular weight is 354 g/mol. The van der Waals surface area contributed by atoms with Crippen LogP contribution in [0.15, 0.2) is 59.8 Å². The number of hydrogen-bond acceptors (Lipinski definition) is 5. The van der Waals surface area contributed by atoms with Gasteiger partial charge in [-0.2, -0.15) is 0 Å². The number of aromatic carboxylic acids is 1. The van der Waals surface area contributed by atoms with Crippen molar-refractivity contribution in [2.75, 3.05) is 5.84 Å². The molecule has 3 rings (SSSR count). The molecule has 1 aromatic heterocycles. The highest BCUT2D eigenvalue weighted by atomic mass is 32.2. The highest BCUT2D eigenvalue weighted by molar-refractivity contribution is 7.98. The minimum absolute atomic E-state index is 0.294. The number of nitrogens with two attached hydrogens (primary N) is 1. The van der Waals surface area contributed by atoms with Crippen LogP contribution >= 0.6 is 11.8 Å². The van der Waals surface area contributed by atoms with E-state index < -0.39 is 5.97 Å². The molecule has 0 bridgehead atoms. The Bertz CT molecular complexity index is 865. The van der Waals surface area contributed by atoms with Crippen LogP contribution in [0.4, 0.5) is 0 Å². The van der Waals surface area contributed by atoms with Crippen LogP contribution in [0.3, 0.4) is 0 Å². The van der Waals surface area contributed by atoms with Gasteiger partial charge in [-0.3, -0.25) is 0 Å². The van der Waals surface area contributed by atoms with Crippen molar-refractivity contribution < 1.29 is 9.90 Å². The standard InChI is InChI=1S/C18H18N4O2S/c19-22-16(11-10-13-6-2-1-3-7-13)20-21-18(22)25-12-14-8-4-5-9-15(14)17(23)24/h1-9H,10-12,19H2,(H,23,24). The van der Waals surface area contributed by atoms with Crippen LogP contribution < -0.4 is 5.84 Å². The Morgan fingerprint density at radius 1 is 1.04 bits per heavy atom. The summed E-state index contributed by atoms with van der Waals surface area (Å²) < 4.78 is 1.48. The second-order valence-corrected chi connectivity index (χ2v) is 6.45. The maximum absolute atomic E-state index is 11.3. The van der Waals surface area contributed by atoms with Crippen LogP contribution in [-0.4, -0.2) is 25.9 Å². The molecule has 3 N–H and O–H groups in total. The lowest BCUT2D eigenvalue weighted by Crippen LogP contribution is -2.14. The Labute approximate surface area is 149 Å². The molecular formula is C18H18N4O2S. The summed E-state index contributed by atoms with van der Waals surface area (Å²) in [6.45, 7) is 0. The SMILES string of the molecule is Nn1c(CCc2ccccc2)nnc1SCc1ccccc1C(=O)O. The van der Waals surface area contributed by atoms with Gasteiger partial charge in [0.05, 0.1) is 5.56 Å². The lowest BCUT2D eigenvalue weighted by atomic mass is 10.1. The number of hydrogen-bond donors (Lipinski definition) is 2. The normalized spacial score (nSPS) is 10.7. The molecule has 1 heterocycles. The molecule has 3 aromatic rings. The third-order valence-corrected chi connectivity index (χ3v) is 4.81. The van der Waals surface area contributed by atoms with Gasteiger partial charge in [-0.1, -0.05) is 60.3 Å². The summed E-state index contributed by atoms with van der Waals surface area (Å²) in [6.07, 6.45) is 1.53. The molecule has 0 atom stereocenters. The van der Waals surface area contributed by atoms with Gasteiger partial charge in [-0.15, -0.1) is 10.2 Å². The summed E-state index contributed by atoms with van der Waals surface area (Å²) in [5.74, 6) is 6.32. The summed E-state index contributed by atoms with van der Waals surface area (Å²) in [5, 5.41) is 18.1. The van der Waals surface area contributed by atoms with Gasteiger partial charge in [0.25, 0.3) is 0 Å². The predicted molar refractivity (Wildman–Crippen MR) is 97.0 cm³/mol. The topological polar surface area (TPSA) is 94.0 Å². The number of aromatic nitrogens is 3. The van der Waals surface area contributed by atoms with E-state index in [1.165, 1.54) is 22.0 Å². The Kier molecular flexibility index (Phi) is 5.35. The summed E-state index contributed by atoms with van der Waals surface area (Å²) in [4.78, 5) is 11.3. The number of aryl methyl sites for hydroxylation is 2. The molecule has 128 valence electrons. The Morgan fingerprint density at radius 3 is 2.52 bits per heavy atom. The van der Waals surface area contributed by atoms with Crippen LogP contribution in [0.2, 0.25) is 0 Å². The molecule has 0 saturated carbocycles. The third kappa shape index (κ3) is 4.19. The second-order valence-electron chi connectivity index (χ2n) is 5.51. The van der Waals surface area contributed by atoms with Crippen molar-refractivity contribution >= 4 is 17.7 Å². The zero-order chi connectivity index (χ0) is 17.6. The van der Waals surface area contributed by atoms with Crippen LogP contribution in [0, 0.1) is 0 Å². The Balaban J connectivity index is 1.65. The molecule has 0 unspecified atom stereocenters. The van der Waals surface area contributed by atoms with E-state index in [0.29, 0.717) is 28.7 Å². The summed E-state index contributed by atoms with van der Waals surface area (Å²) in [6, 6.07) is 17.0. The van der Waals surface area contributed by atoms with Gasteiger partial charge in [-0.25, -0.2) is 9.47 Å². The van der Waals surface area contributed by atoms with E-state index in [2.05, 4.69) is 22.3 Å². The fourth-order valence-electron chi connectivity index (χ4n) is 2.47. The number of carboxylic acid groups (broad SMARTS) is 1. The van der Waals surface area contributed by atoms with Crippen LogP contribution in [-0.2, 0) is 18.6 Å². The smallest absolute Gasteiger partial charge is 0.335 e. The van der Waals surface area contributed by atoms with Gasteiger partial charge >= 0.3 is 5.97 Å². The number of carbonyl (C=O) groups is 1. The minimum Gasteiger partial charge on any atom is -0.478 e. The summed E-state index contributed by atoms with van der Waals surface area (Å²) in [5.41, 5.74) is 2.24. The van der Waals surface area contributed by atoms with E-state index in [1.54, 1.807) is 18.2 Å². The van der Waals surface area contributed by atoms with Crippen molar-refractivity contribution in [1.82, 2.24) is 14.9 Å². The van der Waals surface area contributed by atoms with E-state index in [4.69, 9.17) is 5.84 Å². The third-order valence-electron chi connectivity index (χ3n) is 3.82. The van der Waals surface area contributed by atoms with Gasteiger partial charge in [0.15, 0.2) is 5.82 Å². The fraction of sp³-hybridized carbons (Fsp3) is 0.167. The van der Waals surface area contributed by atoms with Crippen molar-refractivity contribution in [2.45, 2.75) is 23.8 Å². The quantitative estimate of drug-likeness (QED) is 0.500. The number of nitrogen functional groups attached to an aromatic ring is 1. The highest BCUT2D eigenvalue weighted by Crippen LogP contribution is 2.23. The summed E-state index contributed by atoms with van der Waals surface area (Å²) >= 11 is 1.38. The lowest BCUT2D eigenvalue weighted by molar-refractivity contribution is 0.0696.